The number of hydrogen-bond donors (Lipinski definition) is 3. The summed E-state index contributed by atoms with van der Waals surface area (Å²) in [4.78, 5) is 12.4. The maximum Gasteiger partial charge on any atom is 0.223 e. The van der Waals surface area contributed by atoms with Gasteiger partial charge in [0.1, 0.15) is 0 Å². The molecule has 0 spiro atoms. The van der Waals surface area contributed by atoms with E-state index in [0.29, 0.717) is 6.54 Å². The van der Waals surface area contributed by atoms with Crippen molar-refractivity contribution in [3.8, 4) is 0 Å². The first-order valence-electron chi connectivity index (χ1n) is 7.98. The third-order valence-electron chi connectivity index (χ3n) is 4.44. The number of fused-ring (bicyclic) bond motifs is 1. The van der Waals surface area contributed by atoms with Crippen LogP contribution in [0.3, 0.4) is 0 Å². The van der Waals surface area contributed by atoms with Crippen molar-refractivity contribution < 1.29 is 4.79 Å². The van der Waals surface area contributed by atoms with Crippen molar-refractivity contribution in [2.45, 2.75) is 18.9 Å². The summed E-state index contributed by atoms with van der Waals surface area (Å²) in [5.41, 5.74) is 6.97. The van der Waals surface area contributed by atoms with E-state index < -0.39 is 0 Å². The van der Waals surface area contributed by atoms with Crippen LogP contribution in [-0.4, -0.2) is 25.5 Å². The van der Waals surface area contributed by atoms with Gasteiger partial charge in [0.25, 0.3) is 0 Å². The maximum absolute atomic E-state index is 12.4. The van der Waals surface area contributed by atoms with Crippen molar-refractivity contribution in [3.63, 3.8) is 0 Å². The molecular formula is C18H23N3O. The number of benzene rings is 2. The van der Waals surface area contributed by atoms with E-state index in [-0.39, 0.29) is 17.9 Å². The van der Waals surface area contributed by atoms with Gasteiger partial charge < -0.3 is 16.4 Å². The van der Waals surface area contributed by atoms with E-state index in [2.05, 4.69) is 41.0 Å². The number of carbonyl (C=O) groups is 1. The van der Waals surface area contributed by atoms with Crippen molar-refractivity contribution >= 4 is 16.7 Å². The monoisotopic (exact) mass is 297 g/mol. The molecule has 1 fully saturated rings. The zero-order valence-electron chi connectivity index (χ0n) is 12.7. The van der Waals surface area contributed by atoms with E-state index in [9.17, 15) is 4.79 Å². The van der Waals surface area contributed by atoms with Crippen LogP contribution in [0.1, 0.15) is 24.4 Å². The largest absolute Gasteiger partial charge is 0.348 e. The smallest absolute Gasteiger partial charge is 0.223 e. The second kappa shape index (κ2) is 6.90. The topological polar surface area (TPSA) is 67.1 Å². The molecule has 1 heterocycles. The molecule has 0 bridgehead atoms. The predicted molar refractivity (Wildman–Crippen MR) is 89.5 cm³/mol. The Kier molecular flexibility index (Phi) is 4.71. The number of carbonyl (C=O) groups excluding carboxylic acids is 1. The third-order valence-corrected chi connectivity index (χ3v) is 4.44. The Balaban J connectivity index is 1.75. The molecular weight excluding hydrogens is 274 g/mol. The van der Waals surface area contributed by atoms with Crippen LogP contribution >= 0.6 is 0 Å². The summed E-state index contributed by atoms with van der Waals surface area (Å²) in [6.45, 7) is 2.25. The van der Waals surface area contributed by atoms with Gasteiger partial charge in [0.15, 0.2) is 0 Å². The molecule has 1 atom stereocenters. The summed E-state index contributed by atoms with van der Waals surface area (Å²) in [5, 5.41) is 8.79. The lowest BCUT2D eigenvalue weighted by Crippen LogP contribution is -2.41. The molecule has 0 radical (unpaired) electrons. The minimum absolute atomic E-state index is 0.107. The van der Waals surface area contributed by atoms with Gasteiger partial charge in [-0.1, -0.05) is 36.4 Å². The fourth-order valence-electron chi connectivity index (χ4n) is 3.08. The van der Waals surface area contributed by atoms with Crippen LogP contribution < -0.4 is 16.4 Å². The zero-order chi connectivity index (χ0) is 15.4. The Morgan fingerprint density at radius 3 is 2.64 bits per heavy atom. The second-order valence-electron chi connectivity index (χ2n) is 5.93. The van der Waals surface area contributed by atoms with E-state index in [4.69, 9.17) is 5.73 Å². The summed E-state index contributed by atoms with van der Waals surface area (Å²) in [6.07, 6.45) is 1.81. The highest BCUT2D eigenvalue weighted by Crippen LogP contribution is 2.21. The molecule has 1 aliphatic heterocycles. The van der Waals surface area contributed by atoms with Crippen LogP contribution in [0.2, 0.25) is 0 Å². The molecule has 1 saturated heterocycles. The molecule has 4 nitrogen and oxygen atoms in total. The van der Waals surface area contributed by atoms with Gasteiger partial charge in [-0.25, -0.2) is 0 Å². The second-order valence-corrected chi connectivity index (χ2v) is 5.93. The fourth-order valence-corrected chi connectivity index (χ4v) is 3.08. The number of amides is 1. The Labute approximate surface area is 131 Å². The van der Waals surface area contributed by atoms with Gasteiger partial charge in [0.05, 0.1) is 6.04 Å². The molecule has 0 saturated carbocycles. The molecule has 1 unspecified atom stereocenters. The minimum atomic E-state index is -0.119. The van der Waals surface area contributed by atoms with Gasteiger partial charge in [-0.05, 0) is 48.3 Å². The molecule has 1 amide bonds. The first-order chi connectivity index (χ1) is 10.8. The fraction of sp³-hybridized carbons (Fsp3) is 0.389. The van der Waals surface area contributed by atoms with E-state index in [1.807, 2.05) is 12.1 Å². The molecule has 4 N–H and O–H groups in total. The average Bonchev–Trinajstić information content (AvgIpc) is 2.59. The number of nitrogens with one attached hydrogen (secondary N) is 2. The molecule has 3 rings (SSSR count). The maximum atomic E-state index is 12.4. The SMILES string of the molecule is NCC(NC(=O)C1CCNCC1)c1ccc2ccccc2c1. The molecule has 2 aromatic carbocycles. The Morgan fingerprint density at radius 1 is 1.18 bits per heavy atom. The average molecular weight is 297 g/mol. The highest BCUT2D eigenvalue weighted by atomic mass is 16.1. The molecule has 22 heavy (non-hydrogen) atoms. The first-order valence-corrected chi connectivity index (χ1v) is 7.98. The van der Waals surface area contributed by atoms with Crippen LogP contribution in [0.5, 0.6) is 0 Å². The van der Waals surface area contributed by atoms with Crippen LogP contribution in [0.4, 0.5) is 0 Å². The summed E-state index contributed by atoms with van der Waals surface area (Å²) >= 11 is 0. The van der Waals surface area contributed by atoms with Gasteiger partial charge in [0, 0.05) is 12.5 Å². The molecule has 1 aliphatic rings. The highest BCUT2D eigenvalue weighted by molar-refractivity contribution is 5.83. The lowest BCUT2D eigenvalue weighted by Gasteiger charge is -2.25. The van der Waals surface area contributed by atoms with Crippen LogP contribution in [0.15, 0.2) is 42.5 Å². The number of rotatable bonds is 4. The van der Waals surface area contributed by atoms with Gasteiger partial charge in [-0.15, -0.1) is 0 Å². The lowest BCUT2D eigenvalue weighted by atomic mass is 9.96. The summed E-state index contributed by atoms with van der Waals surface area (Å²) < 4.78 is 0. The van der Waals surface area contributed by atoms with Crippen molar-refractivity contribution in [2.24, 2.45) is 11.7 Å². The van der Waals surface area contributed by atoms with E-state index in [1.165, 1.54) is 10.8 Å². The van der Waals surface area contributed by atoms with Crippen LogP contribution in [-0.2, 0) is 4.79 Å². The molecule has 2 aromatic rings. The predicted octanol–water partition coefficient (Wildman–Crippen LogP) is 1.96. The van der Waals surface area contributed by atoms with Crippen LogP contribution in [0.25, 0.3) is 10.8 Å². The number of nitrogens with two attached hydrogens (primary N) is 1. The highest BCUT2D eigenvalue weighted by Gasteiger charge is 2.23. The lowest BCUT2D eigenvalue weighted by molar-refractivity contribution is -0.126. The Morgan fingerprint density at radius 2 is 1.91 bits per heavy atom. The van der Waals surface area contributed by atoms with Crippen LogP contribution in [0, 0.1) is 5.92 Å². The summed E-state index contributed by atoms with van der Waals surface area (Å²) in [6, 6.07) is 14.4. The van der Waals surface area contributed by atoms with Crippen molar-refractivity contribution in [1.29, 1.82) is 0 Å². The minimum Gasteiger partial charge on any atom is -0.348 e. The van der Waals surface area contributed by atoms with Crippen molar-refractivity contribution in [2.75, 3.05) is 19.6 Å². The quantitative estimate of drug-likeness (QED) is 0.808. The summed E-state index contributed by atoms with van der Waals surface area (Å²) in [7, 11) is 0. The Bertz CT molecular complexity index is 650. The third kappa shape index (κ3) is 3.29. The molecule has 0 aromatic heterocycles. The normalized spacial score (nSPS) is 17.3. The van der Waals surface area contributed by atoms with Crippen molar-refractivity contribution in [1.82, 2.24) is 10.6 Å². The van der Waals surface area contributed by atoms with Crippen molar-refractivity contribution in [3.05, 3.63) is 48.0 Å². The molecule has 116 valence electrons. The first kappa shape index (κ1) is 15.0. The Hall–Kier alpha value is -1.91. The zero-order valence-corrected chi connectivity index (χ0v) is 12.7. The van der Waals surface area contributed by atoms with Gasteiger partial charge in [-0.2, -0.15) is 0 Å². The van der Waals surface area contributed by atoms with Gasteiger partial charge >= 0.3 is 0 Å². The van der Waals surface area contributed by atoms with E-state index in [0.717, 1.165) is 31.5 Å². The summed E-state index contributed by atoms with van der Waals surface area (Å²) in [5.74, 6) is 0.237. The van der Waals surface area contributed by atoms with E-state index >= 15 is 0 Å². The molecule has 4 heteroatoms. The number of piperidine rings is 1. The van der Waals surface area contributed by atoms with Gasteiger partial charge in [0.2, 0.25) is 5.91 Å². The van der Waals surface area contributed by atoms with Gasteiger partial charge in [-0.3, -0.25) is 4.79 Å². The molecule has 0 aliphatic carbocycles. The standard InChI is InChI=1S/C18H23N3O/c19-12-17(21-18(22)14-7-9-20-10-8-14)16-6-5-13-3-1-2-4-15(13)11-16/h1-6,11,14,17,20H,7-10,12,19H2,(H,21,22). The van der Waals surface area contributed by atoms with E-state index in [1.54, 1.807) is 0 Å². The number of hydrogen-bond acceptors (Lipinski definition) is 3.